The Hall–Kier alpha value is -0.120. The van der Waals surface area contributed by atoms with Crippen LogP contribution in [0.1, 0.15) is 33.6 Å². The van der Waals surface area contributed by atoms with Gasteiger partial charge in [-0.25, -0.2) is 0 Å². The van der Waals surface area contributed by atoms with E-state index in [0.717, 1.165) is 19.4 Å². The molecule has 0 aromatic rings. The SMILES string of the molecule is CCCCOC[C@H](C)OC[C@@H](C)O. The third-order valence-electron chi connectivity index (χ3n) is 1.62. The van der Waals surface area contributed by atoms with Crippen LogP contribution in [-0.4, -0.2) is 37.1 Å². The summed E-state index contributed by atoms with van der Waals surface area (Å²) >= 11 is 0. The first kappa shape index (κ1) is 12.9. The van der Waals surface area contributed by atoms with Gasteiger partial charge in [0.2, 0.25) is 0 Å². The van der Waals surface area contributed by atoms with Crippen LogP contribution >= 0.6 is 0 Å². The molecule has 0 bridgehead atoms. The Bertz CT molecular complexity index is 104. The van der Waals surface area contributed by atoms with Gasteiger partial charge in [-0.05, 0) is 20.3 Å². The van der Waals surface area contributed by atoms with E-state index in [-0.39, 0.29) is 6.10 Å². The monoisotopic (exact) mass is 190 g/mol. The second kappa shape index (κ2) is 8.48. The normalized spacial score (nSPS) is 15.7. The van der Waals surface area contributed by atoms with E-state index in [9.17, 15) is 0 Å². The molecular weight excluding hydrogens is 168 g/mol. The maximum absolute atomic E-state index is 8.95. The van der Waals surface area contributed by atoms with Gasteiger partial charge in [0.05, 0.1) is 25.4 Å². The summed E-state index contributed by atoms with van der Waals surface area (Å²) in [5.41, 5.74) is 0. The lowest BCUT2D eigenvalue weighted by atomic mass is 10.3. The molecule has 0 unspecified atom stereocenters. The first-order chi connectivity index (χ1) is 6.16. The van der Waals surface area contributed by atoms with E-state index in [4.69, 9.17) is 14.6 Å². The molecule has 13 heavy (non-hydrogen) atoms. The molecule has 0 fully saturated rings. The topological polar surface area (TPSA) is 38.7 Å². The molecule has 0 aromatic carbocycles. The van der Waals surface area contributed by atoms with Crippen molar-refractivity contribution in [2.75, 3.05) is 19.8 Å². The predicted molar refractivity (Wildman–Crippen MR) is 52.8 cm³/mol. The molecule has 1 N–H and O–H groups in total. The Morgan fingerprint density at radius 2 is 1.92 bits per heavy atom. The van der Waals surface area contributed by atoms with Crippen LogP contribution in [0, 0.1) is 0 Å². The molecule has 0 radical (unpaired) electrons. The molecule has 0 amide bonds. The minimum atomic E-state index is -0.391. The highest BCUT2D eigenvalue weighted by Crippen LogP contribution is 1.95. The third-order valence-corrected chi connectivity index (χ3v) is 1.62. The van der Waals surface area contributed by atoms with Crippen LogP contribution < -0.4 is 0 Å². The van der Waals surface area contributed by atoms with Crippen LogP contribution in [0.25, 0.3) is 0 Å². The smallest absolute Gasteiger partial charge is 0.0781 e. The molecule has 3 nitrogen and oxygen atoms in total. The molecule has 2 atom stereocenters. The molecule has 0 spiro atoms. The Balaban J connectivity index is 3.15. The summed E-state index contributed by atoms with van der Waals surface area (Å²) < 4.78 is 10.7. The van der Waals surface area contributed by atoms with Crippen molar-refractivity contribution in [2.24, 2.45) is 0 Å². The number of unbranched alkanes of at least 4 members (excludes halogenated alkanes) is 1. The fraction of sp³-hybridized carbons (Fsp3) is 1.00. The van der Waals surface area contributed by atoms with Gasteiger partial charge in [-0.15, -0.1) is 0 Å². The van der Waals surface area contributed by atoms with Crippen molar-refractivity contribution in [2.45, 2.75) is 45.8 Å². The molecule has 0 aliphatic heterocycles. The van der Waals surface area contributed by atoms with Crippen LogP contribution in [0.15, 0.2) is 0 Å². The van der Waals surface area contributed by atoms with Gasteiger partial charge in [0, 0.05) is 6.61 Å². The van der Waals surface area contributed by atoms with E-state index >= 15 is 0 Å². The minimum Gasteiger partial charge on any atom is -0.391 e. The molecule has 80 valence electrons. The Morgan fingerprint density at radius 3 is 2.46 bits per heavy atom. The maximum Gasteiger partial charge on any atom is 0.0781 e. The summed E-state index contributed by atoms with van der Waals surface area (Å²) in [5, 5.41) is 8.95. The van der Waals surface area contributed by atoms with Crippen molar-refractivity contribution in [3.05, 3.63) is 0 Å². The quantitative estimate of drug-likeness (QED) is 0.591. The molecule has 0 aliphatic carbocycles. The van der Waals surface area contributed by atoms with Gasteiger partial charge in [0.25, 0.3) is 0 Å². The lowest BCUT2D eigenvalue weighted by Gasteiger charge is -2.14. The first-order valence-electron chi connectivity index (χ1n) is 5.04. The molecule has 0 aliphatic rings. The molecule has 0 rings (SSSR count). The number of aliphatic hydroxyl groups excluding tert-OH is 1. The summed E-state index contributed by atoms with van der Waals surface area (Å²) in [7, 11) is 0. The van der Waals surface area contributed by atoms with Crippen LogP contribution in [0.2, 0.25) is 0 Å². The molecular formula is C10H22O3. The summed E-state index contributed by atoms with van der Waals surface area (Å²) in [6.07, 6.45) is 1.94. The fourth-order valence-electron chi connectivity index (χ4n) is 0.847. The van der Waals surface area contributed by atoms with Gasteiger partial charge < -0.3 is 14.6 Å². The van der Waals surface area contributed by atoms with Gasteiger partial charge >= 0.3 is 0 Å². The maximum atomic E-state index is 8.95. The number of hydrogen-bond acceptors (Lipinski definition) is 3. The third kappa shape index (κ3) is 9.80. The van der Waals surface area contributed by atoms with Crippen LogP contribution in [0.5, 0.6) is 0 Å². The van der Waals surface area contributed by atoms with Gasteiger partial charge in [-0.3, -0.25) is 0 Å². The second-order valence-corrected chi connectivity index (χ2v) is 3.42. The van der Waals surface area contributed by atoms with Crippen molar-refractivity contribution in [1.82, 2.24) is 0 Å². The van der Waals surface area contributed by atoms with Gasteiger partial charge in [0.1, 0.15) is 0 Å². The van der Waals surface area contributed by atoms with Crippen LogP contribution in [0.4, 0.5) is 0 Å². The highest BCUT2D eigenvalue weighted by atomic mass is 16.5. The number of aliphatic hydroxyl groups is 1. The second-order valence-electron chi connectivity index (χ2n) is 3.42. The summed E-state index contributed by atoms with van der Waals surface area (Å²) in [6.45, 7) is 7.61. The van der Waals surface area contributed by atoms with Crippen molar-refractivity contribution < 1.29 is 14.6 Å². The summed E-state index contributed by atoms with van der Waals surface area (Å²) in [6, 6.07) is 0. The Labute approximate surface area is 81.0 Å². The zero-order valence-electron chi connectivity index (χ0n) is 8.95. The number of rotatable bonds is 8. The Morgan fingerprint density at radius 1 is 1.23 bits per heavy atom. The van der Waals surface area contributed by atoms with Crippen molar-refractivity contribution >= 4 is 0 Å². The summed E-state index contributed by atoms with van der Waals surface area (Å²) in [4.78, 5) is 0. The summed E-state index contributed by atoms with van der Waals surface area (Å²) in [5.74, 6) is 0. The van der Waals surface area contributed by atoms with E-state index < -0.39 is 6.10 Å². The molecule has 0 heterocycles. The van der Waals surface area contributed by atoms with E-state index in [0.29, 0.717) is 13.2 Å². The molecule has 0 saturated heterocycles. The number of ether oxygens (including phenoxy) is 2. The van der Waals surface area contributed by atoms with E-state index in [2.05, 4.69) is 6.92 Å². The van der Waals surface area contributed by atoms with E-state index in [1.54, 1.807) is 6.92 Å². The van der Waals surface area contributed by atoms with Gasteiger partial charge in [-0.1, -0.05) is 13.3 Å². The van der Waals surface area contributed by atoms with E-state index in [1.807, 2.05) is 6.92 Å². The molecule has 0 saturated carbocycles. The zero-order chi connectivity index (χ0) is 10.1. The predicted octanol–water partition coefficient (Wildman–Crippen LogP) is 1.59. The fourth-order valence-corrected chi connectivity index (χ4v) is 0.847. The highest BCUT2D eigenvalue weighted by Gasteiger charge is 2.03. The first-order valence-corrected chi connectivity index (χ1v) is 5.04. The zero-order valence-corrected chi connectivity index (χ0v) is 8.95. The standard InChI is InChI=1S/C10H22O3/c1-4-5-6-12-8-10(3)13-7-9(2)11/h9-11H,4-8H2,1-3H3/t9-,10+/m1/s1. The average molecular weight is 190 g/mol. The molecule has 0 aromatic heterocycles. The number of hydrogen-bond donors (Lipinski definition) is 1. The van der Waals surface area contributed by atoms with Gasteiger partial charge in [-0.2, -0.15) is 0 Å². The largest absolute Gasteiger partial charge is 0.391 e. The van der Waals surface area contributed by atoms with Crippen molar-refractivity contribution in [3.8, 4) is 0 Å². The average Bonchev–Trinajstić information content (AvgIpc) is 2.09. The van der Waals surface area contributed by atoms with Gasteiger partial charge in [0.15, 0.2) is 0 Å². The van der Waals surface area contributed by atoms with Crippen molar-refractivity contribution in [1.29, 1.82) is 0 Å². The van der Waals surface area contributed by atoms with Crippen molar-refractivity contribution in [3.63, 3.8) is 0 Å². The Kier molecular flexibility index (Phi) is 8.40. The highest BCUT2D eigenvalue weighted by molar-refractivity contribution is 4.50. The molecule has 3 heteroatoms. The lowest BCUT2D eigenvalue weighted by molar-refractivity contribution is -0.0367. The van der Waals surface area contributed by atoms with Crippen LogP contribution in [-0.2, 0) is 9.47 Å². The van der Waals surface area contributed by atoms with Crippen LogP contribution in [0.3, 0.4) is 0 Å². The lowest BCUT2D eigenvalue weighted by Crippen LogP contribution is -2.21. The van der Waals surface area contributed by atoms with E-state index in [1.165, 1.54) is 0 Å². The minimum absolute atomic E-state index is 0.0754.